The monoisotopic (exact) mass is 258 g/mol. The molecule has 78 valence electrons. The molecule has 0 aliphatic carbocycles. The number of halogens is 1. The minimum atomic E-state index is -0.331. The van der Waals surface area contributed by atoms with Crippen LogP contribution in [0, 0.1) is 6.92 Å². The SMILES string of the molecule is Cc1nc(OCC(C)(C)N)ccc1Br. The molecule has 0 radical (unpaired) electrons. The van der Waals surface area contributed by atoms with Crippen molar-refractivity contribution in [2.75, 3.05) is 6.61 Å². The first-order valence-corrected chi connectivity index (χ1v) is 5.22. The van der Waals surface area contributed by atoms with Gasteiger partial charge in [-0.3, -0.25) is 0 Å². The quantitative estimate of drug-likeness (QED) is 0.905. The zero-order chi connectivity index (χ0) is 10.8. The molecule has 14 heavy (non-hydrogen) atoms. The molecule has 0 aromatic carbocycles. The third-order valence-corrected chi connectivity index (χ3v) is 2.43. The molecular weight excluding hydrogens is 244 g/mol. The summed E-state index contributed by atoms with van der Waals surface area (Å²) in [7, 11) is 0. The first-order chi connectivity index (χ1) is 6.38. The van der Waals surface area contributed by atoms with Crippen molar-refractivity contribution in [3.05, 3.63) is 22.3 Å². The fraction of sp³-hybridized carbons (Fsp3) is 0.500. The number of pyridine rings is 1. The zero-order valence-corrected chi connectivity index (χ0v) is 10.3. The highest BCUT2D eigenvalue weighted by Crippen LogP contribution is 2.17. The molecular formula is C10H15BrN2O. The van der Waals surface area contributed by atoms with E-state index in [1.54, 1.807) is 0 Å². The number of rotatable bonds is 3. The Balaban J connectivity index is 2.65. The van der Waals surface area contributed by atoms with Crippen molar-refractivity contribution in [2.45, 2.75) is 26.3 Å². The van der Waals surface area contributed by atoms with Crippen LogP contribution in [0.4, 0.5) is 0 Å². The van der Waals surface area contributed by atoms with Gasteiger partial charge in [-0.15, -0.1) is 0 Å². The molecule has 0 aliphatic rings. The normalized spacial score (nSPS) is 11.5. The van der Waals surface area contributed by atoms with Crippen LogP contribution in [0.5, 0.6) is 5.88 Å². The molecule has 1 aromatic heterocycles. The third kappa shape index (κ3) is 3.64. The van der Waals surface area contributed by atoms with Gasteiger partial charge >= 0.3 is 0 Å². The van der Waals surface area contributed by atoms with Crippen LogP contribution in [0.3, 0.4) is 0 Å². The highest BCUT2D eigenvalue weighted by atomic mass is 79.9. The highest BCUT2D eigenvalue weighted by Gasteiger charge is 2.12. The van der Waals surface area contributed by atoms with Crippen LogP contribution < -0.4 is 10.5 Å². The maximum absolute atomic E-state index is 5.79. The van der Waals surface area contributed by atoms with Crippen LogP contribution in [0.2, 0.25) is 0 Å². The number of hydrogen-bond acceptors (Lipinski definition) is 3. The average Bonchev–Trinajstić information content (AvgIpc) is 2.06. The molecule has 0 saturated heterocycles. The van der Waals surface area contributed by atoms with Crippen LogP contribution in [0.25, 0.3) is 0 Å². The van der Waals surface area contributed by atoms with E-state index in [1.165, 1.54) is 0 Å². The van der Waals surface area contributed by atoms with E-state index in [0.717, 1.165) is 10.2 Å². The van der Waals surface area contributed by atoms with Crippen molar-refractivity contribution in [1.82, 2.24) is 4.98 Å². The lowest BCUT2D eigenvalue weighted by molar-refractivity contribution is 0.235. The lowest BCUT2D eigenvalue weighted by Gasteiger charge is -2.18. The predicted octanol–water partition coefficient (Wildman–Crippen LogP) is 2.27. The molecule has 0 saturated carbocycles. The third-order valence-electron chi connectivity index (χ3n) is 1.59. The van der Waals surface area contributed by atoms with Gasteiger partial charge in [0.1, 0.15) is 6.61 Å². The van der Waals surface area contributed by atoms with Gasteiger partial charge in [0.25, 0.3) is 0 Å². The second kappa shape index (κ2) is 4.28. The molecule has 1 heterocycles. The van der Waals surface area contributed by atoms with Gasteiger partial charge in [-0.05, 0) is 42.8 Å². The highest BCUT2D eigenvalue weighted by molar-refractivity contribution is 9.10. The van der Waals surface area contributed by atoms with Gasteiger partial charge in [-0.2, -0.15) is 0 Å². The molecule has 0 aliphatic heterocycles. The fourth-order valence-corrected chi connectivity index (χ4v) is 1.08. The molecule has 0 bridgehead atoms. The maximum Gasteiger partial charge on any atom is 0.213 e. The van der Waals surface area contributed by atoms with Crippen molar-refractivity contribution in [1.29, 1.82) is 0 Å². The maximum atomic E-state index is 5.79. The van der Waals surface area contributed by atoms with E-state index >= 15 is 0 Å². The number of hydrogen-bond donors (Lipinski definition) is 1. The molecule has 0 spiro atoms. The van der Waals surface area contributed by atoms with E-state index < -0.39 is 0 Å². The Hall–Kier alpha value is -0.610. The summed E-state index contributed by atoms with van der Waals surface area (Å²) in [5.41, 5.74) is 6.37. The van der Waals surface area contributed by atoms with Gasteiger partial charge in [0, 0.05) is 16.1 Å². The Kier molecular flexibility index (Phi) is 3.50. The number of aromatic nitrogens is 1. The smallest absolute Gasteiger partial charge is 0.213 e. The van der Waals surface area contributed by atoms with E-state index in [-0.39, 0.29) is 5.54 Å². The lowest BCUT2D eigenvalue weighted by Crippen LogP contribution is -2.38. The summed E-state index contributed by atoms with van der Waals surface area (Å²) >= 11 is 3.38. The van der Waals surface area contributed by atoms with Crippen molar-refractivity contribution in [2.24, 2.45) is 5.73 Å². The predicted molar refractivity (Wildman–Crippen MR) is 60.4 cm³/mol. The Bertz CT molecular complexity index is 320. The number of nitrogens with two attached hydrogens (primary N) is 1. The Morgan fingerprint density at radius 3 is 2.64 bits per heavy atom. The zero-order valence-electron chi connectivity index (χ0n) is 8.67. The average molecular weight is 259 g/mol. The fourth-order valence-electron chi connectivity index (χ4n) is 0.861. The van der Waals surface area contributed by atoms with Crippen molar-refractivity contribution >= 4 is 15.9 Å². The molecule has 3 nitrogen and oxygen atoms in total. The molecule has 2 N–H and O–H groups in total. The molecule has 4 heteroatoms. The lowest BCUT2D eigenvalue weighted by atomic mass is 10.1. The summed E-state index contributed by atoms with van der Waals surface area (Å²) in [6.45, 7) is 6.21. The molecule has 0 atom stereocenters. The van der Waals surface area contributed by atoms with E-state index in [0.29, 0.717) is 12.5 Å². The summed E-state index contributed by atoms with van der Waals surface area (Å²) in [6, 6.07) is 3.74. The number of ether oxygens (including phenoxy) is 1. The van der Waals surface area contributed by atoms with Gasteiger partial charge in [-0.25, -0.2) is 4.98 Å². The van der Waals surface area contributed by atoms with Gasteiger partial charge in [0.2, 0.25) is 5.88 Å². The van der Waals surface area contributed by atoms with Crippen molar-refractivity contribution in [3.63, 3.8) is 0 Å². The van der Waals surface area contributed by atoms with Crippen molar-refractivity contribution < 1.29 is 4.74 Å². The summed E-state index contributed by atoms with van der Waals surface area (Å²) in [6.07, 6.45) is 0. The van der Waals surface area contributed by atoms with E-state index in [1.807, 2.05) is 32.9 Å². The summed E-state index contributed by atoms with van der Waals surface area (Å²) in [5.74, 6) is 0.615. The van der Waals surface area contributed by atoms with Crippen LogP contribution >= 0.6 is 15.9 Å². The van der Waals surface area contributed by atoms with Crippen LogP contribution in [0.1, 0.15) is 19.5 Å². The van der Waals surface area contributed by atoms with E-state index in [2.05, 4.69) is 20.9 Å². The minimum Gasteiger partial charge on any atom is -0.476 e. The van der Waals surface area contributed by atoms with E-state index in [9.17, 15) is 0 Å². The van der Waals surface area contributed by atoms with Gasteiger partial charge in [0.15, 0.2) is 0 Å². The molecule has 1 rings (SSSR count). The molecule has 0 amide bonds. The summed E-state index contributed by atoms with van der Waals surface area (Å²) in [4.78, 5) is 4.25. The Morgan fingerprint density at radius 2 is 2.14 bits per heavy atom. The summed E-state index contributed by atoms with van der Waals surface area (Å²) < 4.78 is 6.43. The molecule has 0 unspecified atom stereocenters. The second-order valence-electron chi connectivity index (χ2n) is 3.99. The van der Waals surface area contributed by atoms with Gasteiger partial charge < -0.3 is 10.5 Å². The Labute approximate surface area is 92.8 Å². The largest absolute Gasteiger partial charge is 0.476 e. The molecule has 1 aromatic rings. The number of nitrogens with zero attached hydrogens (tertiary/aromatic N) is 1. The van der Waals surface area contributed by atoms with Gasteiger partial charge in [-0.1, -0.05) is 0 Å². The van der Waals surface area contributed by atoms with Crippen LogP contribution in [-0.4, -0.2) is 17.1 Å². The Morgan fingerprint density at radius 1 is 1.50 bits per heavy atom. The molecule has 0 fully saturated rings. The number of aryl methyl sites for hydroxylation is 1. The van der Waals surface area contributed by atoms with E-state index in [4.69, 9.17) is 10.5 Å². The van der Waals surface area contributed by atoms with Crippen molar-refractivity contribution in [3.8, 4) is 5.88 Å². The van der Waals surface area contributed by atoms with Crippen LogP contribution in [0.15, 0.2) is 16.6 Å². The second-order valence-corrected chi connectivity index (χ2v) is 4.85. The topological polar surface area (TPSA) is 48.1 Å². The minimum absolute atomic E-state index is 0.331. The van der Waals surface area contributed by atoms with Gasteiger partial charge in [0.05, 0.1) is 5.69 Å². The first-order valence-electron chi connectivity index (χ1n) is 4.43. The van der Waals surface area contributed by atoms with Crippen LogP contribution in [-0.2, 0) is 0 Å². The first kappa shape index (κ1) is 11.5. The standard InChI is InChI=1S/C10H15BrN2O/c1-7-8(11)4-5-9(13-7)14-6-10(2,3)12/h4-5H,6,12H2,1-3H3. The summed E-state index contributed by atoms with van der Waals surface area (Å²) in [5, 5.41) is 0.